The molecule has 0 aliphatic carbocycles. The van der Waals surface area contributed by atoms with E-state index in [4.69, 9.17) is 9.15 Å². The van der Waals surface area contributed by atoms with Gasteiger partial charge in [-0.2, -0.15) is 4.98 Å². The topological polar surface area (TPSA) is 86.3 Å². The molecule has 0 spiro atoms. The van der Waals surface area contributed by atoms with E-state index in [-0.39, 0.29) is 5.69 Å². The average Bonchev–Trinajstić information content (AvgIpc) is 3.07. The number of hydrogen-bond donors (Lipinski definition) is 0. The van der Waals surface area contributed by atoms with Crippen molar-refractivity contribution < 1.29 is 13.9 Å². The predicted molar refractivity (Wildman–Crippen MR) is 63.5 cm³/mol. The van der Waals surface area contributed by atoms with Gasteiger partial charge in [-0.25, -0.2) is 4.79 Å². The minimum absolute atomic E-state index is 0.184. The zero-order valence-corrected chi connectivity index (χ0v) is 10.4. The van der Waals surface area contributed by atoms with Crippen LogP contribution in [0.2, 0.25) is 0 Å². The quantitative estimate of drug-likeness (QED) is 0.743. The van der Waals surface area contributed by atoms with E-state index in [0.717, 1.165) is 18.9 Å². The fraction of sp³-hybridized carbons (Fsp3) is 0.455. The summed E-state index contributed by atoms with van der Waals surface area (Å²) in [7, 11) is 0. The van der Waals surface area contributed by atoms with Gasteiger partial charge in [0.25, 0.3) is 6.01 Å². The van der Waals surface area contributed by atoms with Gasteiger partial charge in [-0.3, -0.25) is 0 Å². The number of carbonyl (C=O) groups is 1. The second kappa shape index (κ2) is 4.71. The lowest BCUT2D eigenvalue weighted by atomic mass is 10.4. The number of hydrogen-bond acceptors (Lipinski definition) is 7. The van der Waals surface area contributed by atoms with Crippen molar-refractivity contribution in [2.45, 2.75) is 20.0 Å². The van der Waals surface area contributed by atoms with Crippen molar-refractivity contribution in [3.63, 3.8) is 0 Å². The summed E-state index contributed by atoms with van der Waals surface area (Å²) in [6.07, 6.45) is 3.01. The second-order valence-corrected chi connectivity index (χ2v) is 4.10. The first-order chi connectivity index (χ1) is 9.28. The van der Waals surface area contributed by atoms with Crippen LogP contribution in [0.3, 0.4) is 0 Å². The lowest BCUT2D eigenvalue weighted by molar-refractivity contribution is 0.0519. The highest BCUT2D eigenvalue weighted by Crippen LogP contribution is 2.19. The standard InChI is InChI=1S/C11H13N5O3/c1-2-18-10(17)8-6-19-11(13-8)15-3-4-16-7-12-14-9(16)5-15/h6-7H,2-5H2,1H3. The Morgan fingerprint density at radius 2 is 2.42 bits per heavy atom. The molecule has 1 aliphatic rings. The highest BCUT2D eigenvalue weighted by atomic mass is 16.5. The summed E-state index contributed by atoms with van der Waals surface area (Å²) in [5.74, 6) is 0.375. The number of aromatic nitrogens is 4. The number of anilines is 1. The molecule has 0 N–H and O–H groups in total. The number of nitrogens with zero attached hydrogens (tertiary/aromatic N) is 5. The normalized spacial score (nSPS) is 14.3. The van der Waals surface area contributed by atoms with Crippen molar-refractivity contribution in [2.75, 3.05) is 18.1 Å². The van der Waals surface area contributed by atoms with E-state index < -0.39 is 5.97 Å². The summed E-state index contributed by atoms with van der Waals surface area (Å²) in [6, 6.07) is 0.400. The highest BCUT2D eigenvalue weighted by Gasteiger charge is 2.23. The third-order valence-corrected chi connectivity index (χ3v) is 2.89. The van der Waals surface area contributed by atoms with Gasteiger partial charge in [0, 0.05) is 13.1 Å². The van der Waals surface area contributed by atoms with Crippen LogP contribution in [-0.2, 0) is 17.8 Å². The van der Waals surface area contributed by atoms with Crippen molar-refractivity contribution in [2.24, 2.45) is 0 Å². The van der Waals surface area contributed by atoms with Gasteiger partial charge in [0.2, 0.25) is 0 Å². The van der Waals surface area contributed by atoms with E-state index in [1.807, 2.05) is 9.47 Å². The molecule has 100 valence electrons. The number of carbonyl (C=O) groups excluding carboxylic acids is 1. The molecule has 0 fully saturated rings. The number of rotatable bonds is 3. The third-order valence-electron chi connectivity index (χ3n) is 2.89. The number of fused-ring (bicyclic) bond motifs is 1. The van der Waals surface area contributed by atoms with Crippen molar-refractivity contribution in [3.8, 4) is 0 Å². The van der Waals surface area contributed by atoms with Crippen molar-refractivity contribution >= 4 is 12.0 Å². The molecule has 2 aromatic rings. The van der Waals surface area contributed by atoms with Crippen LogP contribution in [0.5, 0.6) is 0 Å². The number of ether oxygens (including phenoxy) is 1. The Kier molecular flexibility index (Phi) is 2.90. The van der Waals surface area contributed by atoms with Gasteiger partial charge in [-0.15, -0.1) is 10.2 Å². The third kappa shape index (κ3) is 2.16. The van der Waals surface area contributed by atoms with Gasteiger partial charge >= 0.3 is 5.97 Å². The molecule has 0 aromatic carbocycles. The zero-order chi connectivity index (χ0) is 13.2. The number of oxazole rings is 1. The summed E-state index contributed by atoms with van der Waals surface area (Å²) >= 11 is 0. The molecule has 1 aliphatic heterocycles. The molecule has 3 heterocycles. The predicted octanol–water partition coefficient (Wildman–Crippen LogP) is 0.463. The van der Waals surface area contributed by atoms with Gasteiger partial charge in [0.1, 0.15) is 12.6 Å². The Bertz CT molecular complexity index is 591. The first-order valence-corrected chi connectivity index (χ1v) is 6.02. The molecule has 2 aromatic heterocycles. The molecule has 8 nitrogen and oxygen atoms in total. The first kappa shape index (κ1) is 11.7. The monoisotopic (exact) mass is 263 g/mol. The number of esters is 1. The molecule has 0 amide bonds. The van der Waals surface area contributed by atoms with Crippen LogP contribution in [-0.4, -0.2) is 38.9 Å². The Hall–Kier alpha value is -2.38. The maximum atomic E-state index is 11.5. The molecule has 0 saturated heterocycles. The summed E-state index contributed by atoms with van der Waals surface area (Å²) < 4.78 is 12.2. The molecule has 0 atom stereocenters. The lowest BCUT2D eigenvalue weighted by Crippen LogP contribution is -2.33. The molecule has 3 rings (SSSR count). The fourth-order valence-electron chi connectivity index (χ4n) is 1.94. The molecule has 0 radical (unpaired) electrons. The first-order valence-electron chi connectivity index (χ1n) is 6.02. The van der Waals surface area contributed by atoms with E-state index in [1.165, 1.54) is 6.26 Å². The zero-order valence-electron chi connectivity index (χ0n) is 10.4. The summed E-state index contributed by atoms with van der Waals surface area (Å²) in [6.45, 7) is 4.11. The van der Waals surface area contributed by atoms with E-state index >= 15 is 0 Å². The van der Waals surface area contributed by atoms with Gasteiger partial charge in [-0.1, -0.05) is 0 Å². The largest absolute Gasteiger partial charge is 0.461 e. The minimum Gasteiger partial charge on any atom is -0.461 e. The van der Waals surface area contributed by atoms with Gasteiger partial charge in [0.15, 0.2) is 11.5 Å². The molecule has 8 heteroatoms. The molecule has 0 bridgehead atoms. The fourth-order valence-corrected chi connectivity index (χ4v) is 1.94. The van der Waals surface area contributed by atoms with Gasteiger partial charge < -0.3 is 18.6 Å². The van der Waals surface area contributed by atoms with Crippen LogP contribution in [0, 0.1) is 0 Å². The molecular weight excluding hydrogens is 250 g/mol. The lowest BCUT2D eigenvalue weighted by Gasteiger charge is -2.25. The van der Waals surface area contributed by atoms with Gasteiger partial charge in [-0.05, 0) is 6.92 Å². The SMILES string of the molecule is CCOC(=O)c1coc(N2CCn3cnnc3C2)n1. The van der Waals surface area contributed by atoms with Gasteiger partial charge in [0.05, 0.1) is 13.2 Å². The highest BCUT2D eigenvalue weighted by molar-refractivity contribution is 5.87. The summed E-state index contributed by atoms with van der Waals surface area (Å²) in [5, 5.41) is 7.86. The minimum atomic E-state index is -0.474. The smallest absolute Gasteiger partial charge is 0.360 e. The van der Waals surface area contributed by atoms with E-state index in [0.29, 0.717) is 19.2 Å². The van der Waals surface area contributed by atoms with E-state index in [1.54, 1.807) is 13.3 Å². The molecule has 0 unspecified atom stereocenters. The van der Waals surface area contributed by atoms with Crippen molar-refractivity contribution in [1.29, 1.82) is 0 Å². The molecule has 0 saturated carbocycles. The van der Waals surface area contributed by atoms with Crippen LogP contribution >= 0.6 is 0 Å². The maximum absolute atomic E-state index is 11.5. The van der Waals surface area contributed by atoms with Crippen LogP contribution in [0.1, 0.15) is 23.2 Å². The van der Waals surface area contributed by atoms with Crippen LogP contribution in [0.15, 0.2) is 17.0 Å². The summed E-state index contributed by atoms with van der Waals surface area (Å²) in [5.41, 5.74) is 0.184. The van der Waals surface area contributed by atoms with Crippen molar-refractivity contribution in [1.82, 2.24) is 19.7 Å². The van der Waals surface area contributed by atoms with Crippen LogP contribution in [0.4, 0.5) is 6.01 Å². The van der Waals surface area contributed by atoms with Crippen molar-refractivity contribution in [3.05, 3.63) is 24.1 Å². The van der Waals surface area contributed by atoms with Crippen LogP contribution < -0.4 is 4.90 Å². The molecular formula is C11H13N5O3. The maximum Gasteiger partial charge on any atom is 0.360 e. The summed E-state index contributed by atoms with van der Waals surface area (Å²) in [4.78, 5) is 17.6. The van der Waals surface area contributed by atoms with E-state index in [9.17, 15) is 4.79 Å². The average molecular weight is 263 g/mol. The Labute approximate surface area is 109 Å². The second-order valence-electron chi connectivity index (χ2n) is 4.10. The van der Waals surface area contributed by atoms with Crippen LogP contribution in [0.25, 0.3) is 0 Å². The molecule has 19 heavy (non-hydrogen) atoms. The Morgan fingerprint density at radius 3 is 3.26 bits per heavy atom. The Morgan fingerprint density at radius 1 is 1.53 bits per heavy atom. The Balaban J connectivity index is 1.75. The van der Waals surface area contributed by atoms with E-state index in [2.05, 4.69) is 15.2 Å².